The second-order valence-corrected chi connectivity index (χ2v) is 5.28. The van der Waals surface area contributed by atoms with E-state index in [4.69, 9.17) is 46.4 Å². The third-order valence-corrected chi connectivity index (χ3v) is 3.65. The van der Waals surface area contributed by atoms with Gasteiger partial charge in [-0.05, 0) is 24.3 Å². The van der Waals surface area contributed by atoms with Crippen LogP contribution in [0.5, 0.6) is 0 Å². The van der Waals surface area contributed by atoms with E-state index in [0.29, 0.717) is 15.7 Å². The summed E-state index contributed by atoms with van der Waals surface area (Å²) in [5, 5.41) is 3.79. The van der Waals surface area contributed by atoms with Crippen molar-refractivity contribution in [1.29, 1.82) is 0 Å². The molecule has 2 nitrogen and oxygen atoms in total. The third-order valence-electron chi connectivity index (χ3n) is 2.39. The molecule has 0 atom stereocenters. The molecule has 0 saturated heterocycles. The van der Waals surface area contributed by atoms with Gasteiger partial charge in [-0.1, -0.05) is 58.5 Å². The molecule has 0 saturated carbocycles. The average Bonchev–Trinajstić information content (AvgIpc) is 2.34. The standard InChI is InChI=1S/C13H7Cl4NO/c14-7-3-1-4-8(15)11(7)13(19)18-12-9(16)5-2-6-10(12)17/h1-6H,(H,18,19). The lowest BCUT2D eigenvalue weighted by Gasteiger charge is -2.11. The average molecular weight is 335 g/mol. The molecule has 98 valence electrons. The molecular weight excluding hydrogens is 328 g/mol. The molecule has 0 radical (unpaired) electrons. The molecule has 0 bridgehead atoms. The first kappa shape index (κ1) is 14.5. The molecular formula is C13H7Cl4NO. The fraction of sp³-hybridized carbons (Fsp3) is 0. The summed E-state index contributed by atoms with van der Waals surface area (Å²) in [7, 11) is 0. The van der Waals surface area contributed by atoms with Crippen molar-refractivity contribution in [3.05, 3.63) is 62.1 Å². The smallest absolute Gasteiger partial charge is 0.258 e. The fourth-order valence-electron chi connectivity index (χ4n) is 1.51. The second-order valence-electron chi connectivity index (χ2n) is 3.65. The Balaban J connectivity index is 2.37. The Morgan fingerprint density at radius 2 is 1.21 bits per heavy atom. The normalized spacial score (nSPS) is 10.3. The Labute approximate surface area is 130 Å². The van der Waals surface area contributed by atoms with E-state index in [1.54, 1.807) is 36.4 Å². The number of amides is 1. The van der Waals surface area contributed by atoms with Gasteiger partial charge in [0.05, 0.1) is 31.3 Å². The van der Waals surface area contributed by atoms with Crippen molar-refractivity contribution >= 4 is 58.0 Å². The zero-order valence-corrected chi connectivity index (χ0v) is 12.4. The van der Waals surface area contributed by atoms with Crippen LogP contribution in [0.15, 0.2) is 36.4 Å². The van der Waals surface area contributed by atoms with Crippen LogP contribution >= 0.6 is 46.4 Å². The monoisotopic (exact) mass is 333 g/mol. The zero-order chi connectivity index (χ0) is 14.0. The number of carbonyl (C=O) groups is 1. The van der Waals surface area contributed by atoms with Gasteiger partial charge in [-0.2, -0.15) is 0 Å². The summed E-state index contributed by atoms with van der Waals surface area (Å²) >= 11 is 23.9. The molecule has 6 heteroatoms. The molecule has 0 aromatic heterocycles. The highest BCUT2D eigenvalue weighted by molar-refractivity contribution is 6.42. The molecule has 19 heavy (non-hydrogen) atoms. The lowest BCUT2D eigenvalue weighted by atomic mass is 10.2. The molecule has 0 heterocycles. The first-order valence-corrected chi connectivity index (χ1v) is 6.71. The van der Waals surface area contributed by atoms with E-state index >= 15 is 0 Å². The molecule has 2 aromatic rings. The van der Waals surface area contributed by atoms with Crippen LogP contribution in [0.25, 0.3) is 0 Å². The maximum atomic E-state index is 12.2. The Hall–Kier alpha value is -0.930. The zero-order valence-electron chi connectivity index (χ0n) is 9.38. The largest absolute Gasteiger partial charge is 0.319 e. The van der Waals surface area contributed by atoms with E-state index in [-0.39, 0.29) is 15.6 Å². The fourth-order valence-corrected chi connectivity index (χ4v) is 2.57. The predicted molar refractivity (Wildman–Crippen MR) is 80.9 cm³/mol. The van der Waals surface area contributed by atoms with Crippen LogP contribution in [0.4, 0.5) is 5.69 Å². The van der Waals surface area contributed by atoms with Crippen LogP contribution < -0.4 is 5.32 Å². The Bertz CT molecular complexity index is 602. The van der Waals surface area contributed by atoms with Gasteiger partial charge in [-0.25, -0.2) is 0 Å². The Morgan fingerprint density at radius 3 is 1.68 bits per heavy atom. The molecule has 1 amide bonds. The lowest BCUT2D eigenvalue weighted by molar-refractivity contribution is 0.102. The summed E-state index contributed by atoms with van der Waals surface area (Å²) < 4.78 is 0. The van der Waals surface area contributed by atoms with Gasteiger partial charge >= 0.3 is 0 Å². The number of hydrogen-bond acceptors (Lipinski definition) is 1. The van der Waals surface area contributed by atoms with Gasteiger partial charge in [0.2, 0.25) is 0 Å². The highest BCUT2D eigenvalue weighted by Gasteiger charge is 2.17. The maximum absolute atomic E-state index is 12.2. The number of anilines is 1. The first-order chi connectivity index (χ1) is 9.00. The summed E-state index contributed by atoms with van der Waals surface area (Å²) in [5.74, 6) is -0.467. The van der Waals surface area contributed by atoms with Crippen molar-refractivity contribution in [2.45, 2.75) is 0 Å². The molecule has 2 aromatic carbocycles. The van der Waals surface area contributed by atoms with Crippen LogP contribution in [-0.2, 0) is 0 Å². The Kier molecular flexibility index (Phi) is 4.58. The molecule has 1 N–H and O–H groups in total. The summed E-state index contributed by atoms with van der Waals surface area (Å²) in [5.41, 5.74) is 0.508. The minimum Gasteiger partial charge on any atom is -0.319 e. The second kappa shape index (κ2) is 6.02. The van der Waals surface area contributed by atoms with E-state index in [9.17, 15) is 4.79 Å². The van der Waals surface area contributed by atoms with Crippen molar-refractivity contribution < 1.29 is 4.79 Å². The number of benzene rings is 2. The molecule has 0 aliphatic carbocycles. The van der Waals surface area contributed by atoms with E-state index in [0.717, 1.165) is 0 Å². The van der Waals surface area contributed by atoms with Crippen molar-refractivity contribution in [2.24, 2.45) is 0 Å². The molecule has 0 spiro atoms. The van der Waals surface area contributed by atoms with Crippen molar-refractivity contribution in [1.82, 2.24) is 0 Å². The lowest BCUT2D eigenvalue weighted by Crippen LogP contribution is -2.13. The first-order valence-electron chi connectivity index (χ1n) is 5.20. The van der Waals surface area contributed by atoms with Gasteiger partial charge in [-0.3, -0.25) is 4.79 Å². The Morgan fingerprint density at radius 1 is 0.789 bits per heavy atom. The van der Waals surface area contributed by atoms with E-state index < -0.39 is 5.91 Å². The van der Waals surface area contributed by atoms with Crippen LogP contribution in [-0.4, -0.2) is 5.91 Å². The van der Waals surface area contributed by atoms with Crippen molar-refractivity contribution in [3.8, 4) is 0 Å². The van der Waals surface area contributed by atoms with E-state index in [2.05, 4.69) is 5.32 Å². The van der Waals surface area contributed by atoms with Gasteiger partial charge in [0.1, 0.15) is 0 Å². The molecule has 0 fully saturated rings. The van der Waals surface area contributed by atoms with E-state index in [1.807, 2.05) is 0 Å². The van der Waals surface area contributed by atoms with Crippen LogP contribution in [0, 0.1) is 0 Å². The minimum atomic E-state index is -0.467. The number of para-hydroxylation sites is 1. The summed E-state index contributed by atoms with van der Waals surface area (Å²) in [6.45, 7) is 0. The summed E-state index contributed by atoms with van der Waals surface area (Å²) in [6.07, 6.45) is 0. The third kappa shape index (κ3) is 3.15. The van der Waals surface area contributed by atoms with Crippen LogP contribution in [0.2, 0.25) is 20.1 Å². The topological polar surface area (TPSA) is 29.1 Å². The number of halogens is 4. The minimum absolute atomic E-state index is 0.182. The maximum Gasteiger partial charge on any atom is 0.258 e. The predicted octanol–water partition coefficient (Wildman–Crippen LogP) is 5.55. The molecule has 2 rings (SSSR count). The summed E-state index contributed by atoms with van der Waals surface area (Å²) in [6, 6.07) is 9.74. The summed E-state index contributed by atoms with van der Waals surface area (Å²) in [4.78, 5) is 12.2. The van der Waals surface area contributed by atoms with Gasteiger partial charge in [0.25, 0.3) is 5.91 Å². The SMILES string of the molecule is O=C(Nc1c(Cl)cccc1Cl)c1c(Cl)cccc1Cl. The van der Waals surface area contributed by atoms with Crippen LogP contribution in [0.1, 0.15) is 10.4 Å². The van der Waals surface area contributed by atoms with Gasteiger partial charge in [0, 0.05) is 0 Å². The quantitative estimate of drug-likeness (QED) is 0.766. The van der Waals surface area contributed by atoms with Gasteiger partial charge < -0.3 is 5.32 Å². The van der Waals surface area contributed by atoms with Gasteiger partial charge in [0.15, 0.2) is 0 Å². The van der Waals surface area contributed by atoms with E-state index in [1.165, 1.54) is 0 Å². The van der Waals surface area contributed by atoms with Crippen molar-refractivity contribution in [3.63, 3.8) is 0 Å². The number of rotatable bonds is 2. The van der Waals surface area contributed by atoms with Crippen molar-refractivity contribution in [2.75, 3.05) is 5.32 Å². The number of nitrogens with one attached hydrogen (secondary N) is 1. The highest BCUT2D eigenvalue weighted by Crippen LogP contribution is 2.32. The molecule has 0 unspecified atom stereocenters. The molecule has 0 aliphatic rings. The molecule has 0 aliphatic heterocycles. The highest BCUT2D eigenvalue weighted by atomic mass is 35.5. The van der Waals surface area contributed by atoms with Crippen LogP contribution in [0.3, 0.4) is 0 Å². The number of carbonyl (C=O) groups excluding carboxylic acids is 1. The van der Waals surface area contributed by atoms with Gasteiger partial charge in [-0.15, -0.1) is 0 Å². The number of hydrogen-bond donors (Lipinski definition) is 1.